The van der Waals surface area contributed by atoms with Crippen molar-refractivity contribution >= 4 is 16.0 Å². The number of esters is 1. The molecular formula is C16H17N3O9S. The van der Waals surface area contributed by atoms with Gasteiger partial charge in [0, 0.05) is 12.3 Å². The molecule has 1 fully saturated rings. The number of hydrogen-bond acceptors (Lipinski definition) is 9. The number of nitrogens with one attached hydrogen (secondary N) is 1. The Kier molecular flexibility index (Phi) is 5.68. The maximum absolute atomic E-state index is 12.1. The fraction of sp³-hybridized carbons (Fsp3) is 0.312. The number of nitrogens with zero attached hydrogens (tertiary/aromatic N) is 1. The number of aromatic nitrogens is 2. The normalized spacial score (nSPS) is 24.4. The molecule has 2 aromatic rings. The Morgan fingerprint density at radius 3 is 2.41 bits per heavy atom. The Labute approximate surface area is 163 Å². The van der Waals surface area contributed by atoms with E-state index in [1.807, 2.05) is 4.98 Å². The van der Waals surface area contributed by atoms with Gasteiger partial charge in [-0.1, -0.05) is 0 Å². The number of ether oxygens (including phenoxy) is 2. The third kappa shape index (κ3) is 4.44. The van der Waals surface area contributed by atoms with Gasteiger partial charge in [0.25, 0.3) is 5.56 Å². The molecule has 0 spiro atoms. The molecule has 1 aromatic heterocycles. The molecule has 1 saturated heterocycles. The smallest absolute Gasteiger partial charge is 0.338 e. The molecular weight excluding hydrogens is 410 g/mol. The zero-order valence-electron chi connectivity index (χ0n) is 14.7. The summed E-state index contributed by atoms with van der Waals surface area (Å²) in [5.41, 5.74) is -1.46. The molecule has 0 aliphatic carbocycles. The van der Waals surface area contributed by atoms with Gasteiger partial charge >= 0.3 is 11.7 Å². The molecule has 1 aliphatic rings. The summed E-state index contributed by atoms with van der Waals surface area (Å²) >= 11 is 0. The van der Waals surface area contributed by atoms with Crippen LogP contribution in [0.25, 0.3) is 0 Å². The maximum atomic E-state index is 12.1. The topological polar surface area (TPSA) is 191 Å². The molecule has 1 aliphatic heterocycles. The van der Waals surface area contributed by atoms with Crippen molar-refractivity contribution in [2.45, 2.75) is 29.4 Å². The molecule has 29 heavy (non-hydrogen) atoms. The van der Waals surface area contributed by atoms with Gasteiger partial charge in [-0.15, -0.1) is 0 Å². The lowest BCUT2D eigenvalue weighted by Crippen LogP contribution is -2.37. The number of aliphatic hydroxyl groups excluding tert-OH is 2. The summed E-state index contributed by atoms with van der Waals surface area (Å²) in [6.07, 6.45) is -4.34. The number of benzene rings is 1. The van der Waals surface area contributed by atoms with E-state index in [0.717, 1.165) is 29.0 Å². The predicted octanol–water partition coefficient (Wildman–Crippen LogP) is -2.34. The zero-order valence-corrected chi connectivity index (χ0v) is 15.5. The Bertz CT molecular complexity index is 1120. The Morgan fingerprint density at radius 1 is 1.17 bits per heavy atom. The quantitative estimate of drug-likeness (QED) is 0.379. The lowest BCUT2D eigenvalue weighted by Gasteiger charge is -2.16. The van der Waals surface area contributed by atoms with Crippen LogP contribution < -0.4 is 16.4 Å². The van der Waals surface area contributed by atoms with Crippen LogP contribution in [0.4, 0.5) is 0 Å². The van der Waals surface area contributed by atoms with Crippen LogP contribution in [-0.4, -0.2) is 59.1 Å². The van der Waals surface area contributed by atoms with E-state index in [2.05, 4.69) is 0 Å². The molecule has 5 N–H and O–H groups in total. The van der Waals surface area contributed by atoms with Crippen molar-refractivity contribution in [1.29, 1.82) is 0 Å². The Morgan fingerprint density at radius 2 is 1.83 bits per heavy atom. The minimum atomic E-state index is -3.91. The number of nitrogens with two attached hydrogens (primary N) is 1. The van der Waals surface area contributed by atoms with E-state index in [1.165, 1.54) is 12.1 Å². The monoisotopic (exact) mass is 427 g/mol. The van der Waals surface area contributed by atoms with Crippen LogP contribution in [0.3, 0.4) is 0 Å². The molecule has 13 heteroatoms. The summed E-state index contributed by atoms with van der Waals surface area (Å²) in [5, 5.41) is 25.2. The van der Waals surface area contributed by atoms with Crippen molar-refractivity contribution in [1.82, 2.24) is 9.55 Å². The van der Waals surface area contributed by atoms with E-state index in [-0.39, 0.29) is 10.5 Å². The van der Waals surface area contributed by atoms with Crippen molar-refractivity contribution in [3.8, 4) is 0 Å². The molecule has 4 atom stereocenters. The zero-order chi connectivity index (χ0) is 21.3. The van der Waals surface area contributed by atoms with Gasteiger partial charge in [0.05, 0.1) is 10.5 Å². The number of carbonyl (C=O) groups excluding carboxylic acids is 1. The third-order valence-corrected chi connectivity index (χ3v) is 5.19. The van der Waals surface area contributed by atoms with Crippen molar-refractivity contribution in [3.63, 3.8) is 0 Å². The molecule has 156 valence electrons. The average Bonchev–Trinajstić information content (AvgIpc) is 2.94. The van der Waals surface area contributed by atoms with Crippen molar-refractivity contribution < 1.29 is 32.9 Å². The van der Waals surface area contributed by atoms with Crippen LogP contribution in [0.5, 0.6) is 0 Å². The highest BCUT2D eigenvalue weighted by molar-refractivity contribution is 7.89. The molecule has 0 unspecified atom stereocenters. The highest BCUT2D eigenvalue weighted by Gasteiger charge is 2.44. The van der Waals surface area contributed by atoms with Crippen molar-refractivity contribution in [2.75, 3.05) is 6.61 Å². The van der Waals surface area contributed by atoms with Crippen molar-refractivity contribution in [2.24, 2.45) is 5.14 Å². The minimum Gasteiger partial charge on any atom is -0.459 e. The largest absolute Gasteiger partial charge is 0.459 e. The standard InChI is InChI=1S/C16H17N3O9S/c17-29(25,26)9-3-1-8(2-4-9)15(23)27-7-10-12(21)13(22)14(28-10)19-6-5-11(20)18-16(19)24/h1-6,10,12-14,21-22H,7H2,(H2,17,25,26)(H,18,20,24)/t10-,12-,13-,14-/m1/s1. The third-order valence-electron chi connectivity index (χ3n) is 4.26. The van der Waals surface area contributed by atoms with E-state index in [0.29, 0.717) is 0 Å². The molecule has 12 nitrogen and oxygen atoms in total. The first kappa shape index (κ1) is 20.9. The maximum Gasteiger partial charge on any atom is 0.338 e. The molecule has 0 amide bonds. The van der Waals surface area contributed by atoms with Crippen LogP contribution in [0.2, 0.25) is 0 Å². The van der Waals surface area contributed by atoms with Crippen molar-refractivity contribution in [3.05, 3.63) is 62.9 Å². The molecule has 0 saturated carbocycles. The predicted molar refractivity (Wildman–Crippen MR) is 95.3 cm³/mol. The average molecular weight is 427 g/mol. The van der Waals surface area contributed by atoms with E-state index in [4.69, 9.17) is 14.6 Å². The number of primary sulfonamides is 1. The van der Waals surface area contributed by atoms with Gasteiger partial charge < -0.3 is 19.7 Å². The summed E-state index contributed by atoms with van der Waals surface area (Å²) in [6.45, 7) is -0.456. The molecule has 1 aromatic carbocycles. The minimum absolute atomic E-state index is 0.0267. The number of carbonyl (C=O) groups is 1. The van der Waals surface area contributed by atoms with Gasteiger partial charge in [-0.3, -0.25) is 14.3 Å². The van der Waals surface area contributed by atoms with Crippen LogP contribution in [0.15, 0.2) is 51.0 Å². The first-order valence-electron chi connectivity index (χ1n) is 8.21. The second-order valence-electron chi connectivity index (χ2n) is 6.23. The Hall–Kier alpha value is -2.84. The first-order valence-corrected chi connectivity index (χ1v) is 9.75. The summed E-state index contributed by atoms with van der Waals surface area (Å²) in [7, 11) is -3.91. The van der Waals surface area contributed by atoms with Gasteiger partial charge in [-0.25, -0.2) is 23.1 Å². The number of aliphatic hydroxyl groups is 2. The number of aromatic amines is 1. The number of hydrogen-bond donors (Lipinski definition) is 4. The van der Waals surface area contributed by atoms with Gasteiger partial charge in [-0.2, -0.15) is 0 Å². The second-order valence-corrected chi connectivity index (χ2v) is 7.79. The fourth-order valence-corrected chi connectivity index (χ4v) is 3.26. The Balaban J connectivity index is 1.67. The number of sulfonamides is 1. The number of H-pyrrole nitrogens is 1. The second kappa shape index (κ2) is 7.88. The fourth-order valence-electron chi connectivity index (χ4n) is 2.75. The number of rotatable bonds is 5. The van der Waals surface area contributed by atoms with E-state index >= 15 is 0 Å². The first-order chi connectivity index (χ1) is 13.6. The van der Waals surface area contributed by atoms with Gasteiger partial charge in [0.15, 0.2) is 6.23 Å². The molecule has 3 rings (SSSR count). The lowest BCUT2D eigenvalue weighted by molar-refractivity contribution is -0.0599. The van der Waals surface area contributed by atoms with Gasteiger partial charge in [0.2, 0.25) is 10.0 Å². The van der Waals surface area contributed by atoms with Gasteiger partial charge in [0.1, 0.15) is 24.9 Å². The summed E-state index contributed by atoms with van der Waals surface area (Å²) in [4.78, 5) is 36.9. The highest BCUT2D eigenvalue weighted by Crippen LogP contribution is 2.28. The van der Waals surface area contributed by atoms with E-state index in [9.17, 15) is 33.0 Å². The van der Waals surface area contributed by atoms with E-state index in [1.54, 1.807) is 0 Å². The van der Waals surface area contributed by atoms with Gasteiger partial charge in [-0.05, 0) is 24.3 Å². The van der Waals surface area contributed by atoms with E-state index < -0.39 is 58.4 Å². The summed E-state index contributed by atoms with van der Waals surface area (Å²) in [5.74, 6) is -0.832. The molecule has 0 bridgehead atoms. The SMILES string of the molecule is NS(=O)(=O)c1ccc(C(=O)OC[C@H]2O[C@@H](n3ccc(=O)[nH]c3=O)[C@H](O)[C@@H]2O)cc1. The van der Waals surface area contributed by atoms with Crippen LogP contribution in [-0.2, 0) is 19.5 Å². The highest BCUT2D eigenvalue weighted by atomic mass is 32.2. The molecule has 0 radical (unpaired) electrons. The van der Waals surface area contributed by atoms with Crippen LogP contribution >= 0.6 is 0 Å². The van der Waals surface area contributed by atoms with Crippen LogP contribution in [0, 0.1) is 0 Å². The molecule has 2 heterocycles. The summed E-state index contributed by atoms with van der Waals surface area (Å²) < 4.78 is 33.8. The lowest BCUT2D eigenvalue weighted by atomic mass is 10.1. The summed E-state index contributed by atoms with van der Waals surface area (Å²) in [6, 6.07) is 5.71. The van der Waals surface area contributed by atoms with Crippen LogP contribution in [0.1, 0.15) is 16.6 Å².